The maximum Gasteiger partial charge on any atom is 0.255 e. The van der Waals surface area contributed by atoms with Gasteiger partial charge in [-0.25, -0.2) is 0 Å². The maximum atomic E-state index is 12.4. The molecule has 26 heavy (non-hydrogen) atoms. The number of nitrogens with one attached hydrogen (secondary N) is 2. The molecule has 3 rings (SSSR count). The van der Waals surface area contributed by atoms with Crippen LogP contribution in [0.15, 0.2) is 73.1 Å². The smallest absolute Gasteiger partial charge is 0.255 e. The van der Waals surface area contributed by atoms with Crippen molar-refractivity contribution in [3.05, 3.63) is 89.7 Å². The number of carbonyl (C=O) groups is 2. The zero-order chi connectivity index (χ0) is 18.4. The molecule has 0 spiro atoms. The lowest BCUT2D eigenvalue weighted by molar-refractivity contribution is -0.114. The van der Waals surface area contributed by atoms with Crippen LogP contribution in [0.1, 0.15) is 28.4 Å². The number of hydrogen-bond acceptors (Lipinski definition) is 3. The number of aromatic nitrogens is 1. The summed E-state index contributed by atoms with van der Waals surface area (Å²) in [5, 5.41) is 5.54. The number of anilines is 2. The van der Waals surface area contributed by atoms with Crippen molar-refractivity contribution in [1.29, 1.82) is 0 Å². The summed E-state index contributed by atoms with van der Waals surface area (Å²) in [5.41, 5.74) is 4.14. The van der Waals surface area contributed by atoms with Crippen LogP contribution in [0.3, 0.4) is 0 Å². The fourth-order valence-electron chi connectivity index (χ4n) is 2.59. The first-order valence-electron chi connectivity index (χ1n) is 8.27. The molecular formula is C21H19N3O2. The van der Waals surface area contributed by atoms with Gasteiger partial charge in [-0.3, -0.25) is 14.6 Å². The first kappa shape index (κ1) is 17.4. The van der Waals surface area contributed by atoms with Gasteiger partial charge in [0.25, 0.3) is 5.91 Å². The summed E-state index contributed by atoms with van der Waals surface area (Å²) >= 11 is 0. The second-order valence-corrected chi connectivity index (χ2v) is 5.95. The lowest BCUT2D eigenvalue weighted by atomic mass is 10.1. The van der Waals surface area contributed by atoms with Crippen molar-refractivity contribution in [2.24, 2.45) is 0 Å². The third kappa shape index (κ3) is 4.77. The van der Waals surface area contributed by atoms with Gasteiger partial charge in [0.2, 0.25) is 5.91 Å². The van der Waals surface area contributed by atoms with Crippen LogP contribution in [0.4, 0.5) is 11.4 Å². The van der Waals surface area contributed by atoms with Crippen molar-refractivity contribution in [2.45, 2.75) is 13.3 Å². The van der Waals surface area contributed by atoms with E-state index in [1.807, 2.05) is 36.4 Å². The molecular weight excluding hydrogens is 326 g/mol. The number of nitrogens with zero attached hydrogens (tertiary/aromatic N) is 1. The van der Waals surface area contributed by atoms with Crippen LogP contribution < -0.4 is 10.6 Å². The van der Waals surface area contributed by atoms with E-state index < -0.39 is 0 Å². The summed E-state index contributed by atoms with van der Waals surface area (Å²) in [6.07, 6.45) is 4.37. The Morgan fingerprint density at radius 3 is 2.23 bits per heavy atom. The van der Waals surface area contributed by atoms with E-state index in [0.717, 1.165) is 17.7 Å². The highest BCUT2D eigenvalue weighted by molar-refractivity contribution is 6.05. The summed E-state index contributed by atoms with van der Waals surface area (Å²) in [4.78, 5) is 27.5. The van der Waals surface area contributed by atoms with Gasteiger partial charge in [-0.2, -0.15) is 0 Å². The molecule has 5 nitrogen and oxygen atoms in total. The van der Waals surface area contributed by atoms with E-state index in [1.54, 1.807) is 36.7 Å². The summed E-state index contributed by atoms with van der Waals surface area (Å²) < 4.78 is 0. The van der Waals surface area contributed by atoms with Crippen LogP contribution in [-0.4, -0.2) is 16.8 Å². The minimum Gasteiger partial charge on any atom is -0.326 e. The molecule has 0 radical (unpaired) electrons. The number of rotatable bonds is 5. The zero-order valence-corrected chi connectivity index (χ0v) is 14.4. The summed E-state index contributed by atoms with van der Waals surface area (Å²) in [6, 6.07) is 18.5. The van der Waals surface area contributed by atoms with Crippen molar-refractivity contribution < 1.29 is 9.59 Å². The van der Waals surface area contributed by atoms with E-state index in [4.69, 9.17) is 0 Å². The van der Waals surface area contributed by atoms with Crippen LogP contribution in [0.5, 0.6) is 0 Å². The second kappa shape index (κ2) is 8.07. The number of benzene rings is 2. The van der Waals surface area contributed by atoms with Gasteiger partial charge in [0.1, 0.15) is 0 Å². The highest BCUT2D eigenvalue weighted by Gasteiger charge is 2.07. The number of amides is 2. The van der Waals surface area contributed by atoms with Gasteiger partial charge in [-0.1, -0.05) is 18.2 Å². The SMILES string of the molecule is CC(=O)Nc1cccc(C(=O)Nc2ccc(Cc3ccncc3)cc2)c1. The second-order valence-electron chi connectivity index (χ2n) is 5.95. The molecule has 0 fully saturated rings. The summed E-state index contributed by atoms with van der Waals surface area (Å²) in [7, 11) is 0. The highest BCUT2D eigenvalue weighted by Crippen LogP contribution is 2.16. The Morgan fingerprint density at radius 2 is 1.54 bits per heavy atom. The highest BCUT2D eigenvalue weighted by atomic mass is 16.2. The molecule has 5 heteroatoms. The van der Waals surface area contributed by atoms with Gasteiger partial charge >= 0.3 is 0 Å². The minimum absolute atomic E-state index is 0.174. The molecule has 2 aromatic carbocycles. The topological polar surface area (TPSA) is 71.1 Å². The van der Waals surface area contributed by atoms with Gasteiger partial charge in [0.05, 0.1) is 0 Å². The largest absolute Gasteiger partial charge is 0.326 e. The van der Waals surface area contributed by atoms with Gasteiger partial charge in [-0.05, 0) is 60.0 Å². The lowest BCUT2D eigenvalue weighted by Crippen LogP contribution is -2.13. The van der Waals surface area contributed by atoms with Crippen LogP contribution in [0.2, 0.25) is 0 Å². The quantitative estimate of drug-likeness (QED) is 0.737. The minimum atomic E-state index is -0.223. The number of pyridine rings is 1. The Morgan fingerprint density at radius 1 is 0.846 bits per heavy atom. The molecule has 0 aliphatic heterocycles. The van der Waals surface area contributed by atoms with Crippen LogP contribution in [0.25, 0.3) is 0 Å². The molecule has 0 aliphatic rings. The molecule has 3 aromatic rings. The average molecular weight is 345 g/mol. The standard InChI is InChI=1S/C21H19N3O2/c1-15(25)23-20-4-2-3-18(14-20)21(26)24-19-7-5-16(6-8-19)13-17-9-11-22-12-10-17/h2-12,14H,13H2,1H3,(H,23,25)(H,24,26). The predicted molar refractivity (Wildman–Crippen MR) is 102 cm³/mol. The molecule has 1 heterocycles. The van der Waals surface area contributed by atoms with Crippen molar-refractivity contribution >= 4 is 23.2 Å². The van der Waals surface area contributed by atoms with Gasteiger partial charge in [0.15, 0.2) is 0 Å². The molecule has 2 amide bonds. The van der Waals surface area contributed by atoms with E-state index in [0.29, 0.717) is 11.3 Å². The van der Waals surface area contributed by atoms with Crippen molar-refractivity contribution in [3.8, 4) is 0 Å². The van der Waals surface area contributed by atoms with E-state index in [9.17, 15) is 9.59 Å². The fourth-order valence-corrected chi connectivity index (χ4v) is 2.59. The Balaban J connectivity index is 1.65. The monoisotopic (exact) mass is 345 g/mol. The van der Waals surface area contributed by atoms with Crippen LogP contribution in [0, 0.1) is 0 Å². The Bertz CT molecular complexity index is 906. The van der Waals surface area contributed by atoms with Crippen LogP contribution >= 0.6 is 0 Å². The first-order valence-corrected chi connectivity index (χ1v) is 8.27. The number of carbonyl (C=O) groups excluding carboxylic acids is 2. The molecule has 0 saturated heterocycles. The van der Waals surface area contributed by atoms with E-state index in [2.05, 4.69) is 15.6 Å². The molecule has 2 N–H and O–H groups in total. The molecule has 0 atom stereocenters. The zero-order valence-electron chi connectivity index (χ0n) is 14.4. The Labute approximate surface area is 152 Å². The van der Waals surface area contributed by atoms with Crippen molar-refractivity contribution in [1.82, 2.24) is 4.98 Å². The molecule has 0 aliphatic carbocycles. The molecule has 130 valence electrons. The normalized spacial score (nSPS) is 10.2. The lowest BCUT2D eigenvalue weighted by Gasteiger charge is -2.08. The van der Waals surface area contributed by atoms with E-state index in [-0.39, 0.29) is 11.8 Å². The van der Waals surface area contributed by atoms with Gasteiger partial charge in [0, 0.05) is 36.3 Å². The fraction of sp³-hybridized carbons (Fsp3) is 0.0952. The van der Waals surface area contributed by atoms with Gasteiger partial charge < -0.3 is 10.6 Å². The van der Waals surface area contributed by atoms with Crippen molar-refractivity contribution in [2.75, 3.05) is 10.6 Å². The molecule has 0 bridgehead atoms. The average Bonchev–Trinajstić information content (AvgIpc) is 2.64. The molecule has 1 aromatic heterocycles. The summed E-state index contributed by atoms with van der Waals surface area (Å²) in [5.74, 6) is -0.397. The summed E-state index contributed by atoms with van der Waals surface area (Å²) in [6.45, 7) is 1.43. The maximum absolute atomic E-state index is 12.4. The van der Waals surface area contributed by atoms with E-state index >= 15 is 0 Å². The van der Waals surface area contributed by atoms with Crippen molar-refractivity contribution in [3.63, 3.8) is 0 Å². The van der Waals surface area contributed by atoms with Crippen LogP contribution in [-0.2, 0) is 11.2 Å². The Hall–Kier alpha value is -3.47. The molecule has 0 unspecified atom stereocenters. The number of hydrogen-bond donors (Lipinski definition) is 2. The predicted octanol–water partition coefficient (Wildman–Crippen LogP) is 3.88. The third-order valence-corrected chi connectivity index (χ3v) is 3.81. The Kier molecular flexibility index (Phi) is 5.39. The van der Waals surface area contributed by atoms with Gasteiger partial charge in [-0.15, -0.1) is 0 Å². The first-order chi connectivity index (χ1) is 12.6. The molecule has 0 saturated carbocycles. The third-order valence-electron chi connectivity index (χ3n) is 3.81. The van der Waals surface area contributed by atoms with E-state index in [1.165, 1.54) is 12.5 Å².